The van der Waals surface area contributed by atoms with E-state index in [1.807, 2.05) is 0 Å². The number of carbonyl (C=O) groups excluding carboxylic acids is 3. The number of ether oxygens (including phenoxy) is 2. The van der Waals surface area contributed by atoms with Crippen LogP contribution in [0.5, 0.6) is 0 Å². The van der Waals surface area contributed by atoms with Gasteiger partial charge in [0.05, 0.1) is 10.5 Å². The largest absolute Gasteiger partial charge is 0.477 e. The normalized spacial score (nSPS) is 22.5. The summed E-state index contributed by atoms with van der Waals surface area (Å²) >= 11 is 0. The second-order valence-electron chi connectivity index (χ2n) is 7.04. The molecule has 0 aliphatic carbocycles. The summed E-state index contributed by atoms with van der Waals surface area (Å²) in [5.41, 5.74) is -2.39. The molecule has 152 valence electrons. The van der Waals surface area contributed by atoms with Crippen molar-refractivity contribution in [1.82, 2.24) is 4.90 Å². The van der Waals surface area contributed by atoms with Crippen molar-refractivity contribution in [3.05, 3.63) is 34.4 Å². The third kappa shape index (κ3) is 3.70. The van der Waals surface area contributed by atoms with Crippen LogP contribution < -0.4 is 0 Å². The van der Waals surface area contributed by atoms with E-state index in [4.69, 9.17) is 9.47 Å². The average molecular weight is 413 g/mol. The van der Waals surface area contributed by atoms with E-state index in [1.165, 1.54) is 0 Å². The Morgan fingerprint density at radius 3 is 2.32 bits per heavy atom. The molecular formula is C17H19NO9S. The lowest BCUT2D eigenvalue weighted by atomic mass is 10.0. The third-order valence-corrected chi connectivity index (χ3v) is 5.76. The van der Waals surface area contributed by atoms with E-state index in [1.54, 1.807) is 20.8 Å². The van der Waals surface area contributed by atoms with Crippen molar-refractivity contribution in [2.75, 3.05) is 6.61 Å². The summed E-state index contributed by atoms with van der Waals surface area (Å²) in [4.78, 5) is 47.0. The number of carboxylic acid groups (broad SMARTS) is 1. The molecule has 0 aromatic carbocycles. The van der Waals surface area contributed by atoms with Crippen LogP contribution >= 0.6 is 0 Å². The summed E-state index contributed by atoms with van der Waals surface area (Å²) < 4.78 is 35.3. The molecule has 0 aromatic rings. The fourth-order valence-corrected chi connectivity index (χ4v) is 4.43. The number of esters is 2. The number of sulfone groups is 1. The van der Waals surface area contributed by atoms with Gasteiger partial charge < -0.3 is 14.6 Å². The molecule has 0 spiro atoms. The van der Waals surface area contributed by atoms with Crippen molar-refractivity contribution < 1.29 is 42.2 Å². The number of amides is 1. The maximum absolute atomic E-state index is 12.8. The molecule has 28 heavy (non-hydrogen) atoms. The van der Waals surface area contributed by atoms with Crippen LogP contribution in [0.15, 0.2) is 34.4 Å². The molecule has 0 saturated carbocycles. The summed E-state index contributed by atoms with van der Waals surface area (Å²) in [5.74, 6) is -4.30. The molecule has 2 heterocycles. The Labute approximate surface area is 161 Å². The smallest absolute Gasteiger partial charge is 0.353 e. The van der Waals surface area contributed by atoms with Gasteiger partial charge in [-0.1, -0.05) is 6.58 Å². The van der Waals surface area contributed by atoms with Crippen LogP contribution in [0.4, 0.5) is 0 Å². The summed E-state index contributed by atoms with van der Waals surface area (Å²) in [6, 6.07) is 0. The van der Waals surface area contributed by atoms with Crippen LogP contribution in [0, 0.1) is 0 Å². The van der Waals surface area contributed by atoms with Gasteiger partial charge in [0.2, 0.25) is 9.84 Å². The molecule has 1 saturated heterocycles. The predicted molar refractivity (Wildman–Crippen MR) is 93.9 cm³/mol. The lowest BCUT2D eigenvalue weighted by molar-refractivity contribution is -0.149. The number of β-lactam (4-membered cyclic amide) rings is 1. The second kappa shape index (κ2) is 6.89. The van der Waals surface area contributed by atoms with E-state index >= 15 is 0 Å². The van der Waals surface area contributed by atoms with Crippen LogP contribution in [0.3, 0.4) is 0 Å². The van der Waals surface area contributed by atoms with Crippen LogP contribution in [-0.4, -0.2) is 59.8 Å². The van der Waals surface area contributed by atoms with Gasteiger partial charge in [-0.15, -0.1) is 0 Å². The molecule has 1 amide bonds. The number of carboxylic acids is 1. The Balaban J connectivity index is 2.54. The molecule has 1 fully saturated rings. The minimum absolute atomic E-state index is 0.413. The maximum Gasteiger partial charge on any atom is 0.353 e. The minimum atomic E-state index is -4.32. The van der Waals surface area contributed by atoms with Crippen molar-refractivity contribution in [2.24, 2.45) is 0 Å². The van der Waals surface area contributed by atoms with Gasteiger partial charge in [0, 0.05) is 18.6 Å². The molecule has 1 unspecified atom stereocenters. The molecule has 2 rings (SSSR count). The predicted octanol–water partition coefficient (Wildman–Crippen LogP) is 0.267. The van der Waals surface area contributed by atoms with E-state index in [0.717, 1.165) is 13.0 Å². The molecule has 10 nitrogen and oxygen atoms in total. The number of fused-ring (bicyclic) bond motifs is 1. The number of aliphatic carboxylic acids is 1. The Bertz CT molecular complexity index is 963. The fourth-order valence-electron chi connectivity index (χ4n) is 2.68. The highest BCUT2D eigenvalue weighted by Gasteiger charge is 2.58. The highest BCUT2D eigenvalue weighted by molar-refractivity contribution is 7.96. The monoisotopic (exact) mass is 413 g/mol. The van der Waals surface area contributed by atoms with Gasteiger partial charge in [-0.25, -0.2) is 18.0 Å². The first-order valence-electron chi connectivity index (χ1n) is 7.99. The number of nitrogens with zero attached hydrogens (tertiary/aromatic N) is 1. The van der Waals surface area contributed by atoms with Gasteiger partial charge in [0.15, 0.2) is 5.37 Å². The van der Waals surface area contributed by atoms with Crippen molar-refractivity contribution in [2.45, 2.75) is 38.7 Å². The van der Waals surface area contributed by atoms with Crippen molar-refractivity contribution in [1.29, 1.82) is 0 Å². The zero-order valence-corrected chi connectivity index (χ0v) is 16.5. The van der Waals surface area contributed by atoms with Crippen molar-refractivity contribution in [3.8, 4) is 0 Å². The Morgan fingerprint density at radius 2 is 1.86 bits per heavy atom. The van der Waals surface area contributed by atoms with E-state index in [-0.39, 0.29) is 0 Å². The highest BCUT2D eigenvalue weighted by Crippen LogP contribution is 2.44. The van der Waals surface area contributed by atoms with Gasteiger partial charge in [-0.05, 0) is 20.8 Å². The van der Waals surface area contributed by atoms with Gasteiger partial charge in [-0.3, -0.25) is 14.5 Å². The van der Waals surface area contributed by atoms with Crippen LogP contribution in [0.25, 0.3) is 0 Å². The summed E-state index contributed by atoms with van der Waals surface area (Å²) in [7, 11) is -4.32. The molecule has 0 bridgehead atoms. The highest BCUT2D eigenvalue weighted by atomic mass is 32.2. The van der Waals surface area contributed by atoms with Crippen LogP contribution in [0.2, 0.25) is 0 Å². The molecule has 0 radical (unpaired) electrons. The minimum Gasteiger partial charge on any atom is -0.477 e. The number of carbonyl (C=O) groups is 4. The van der Waals surface area contributed by atoms with Gasteiger partial charge in [0.25, 0.3) is 5.91 Å². The zero-order valence-electron chi connectivity index (χ0n) is 15.6. The first-order valence-corrected chi connectivity index (χ1v) is 9.54. The molecule has 0 aromatic heterocycles. The summed E-state index contributed by atoms with van der Waals surface area (Å²) in [6.07, 6.45) is 0.732. The number of hydrogen-bond donors (Lipinski definition) is 1. The second-order valence-corrected chi connectivity index (χ2v) is 9.07. The molecule has 2 aliphatic rings. The zero-order chi connectivity index (χ0) is 21.6. The topological polar surface area (TPSA) is 144 Å². The lowest BCUT2D eigenvalue weighted by Gasteiger charge is -2.45. The third-order valence-electron chi connectivity index (χ3n) is 3.77. The standard InChI is InChI=1S/C17H19NO9S/c1-8-11(7-26-9(2)19)13(16(22)23)18-14(21)10(15(18)28(8,24)25)6-12(20)27-17(3,4)5/h6,15H,1,7H2,2-5H3,(H,22,23)/b10-6-. The number of rotatable bonds is 4. The molecular weight excluding hydrogens is 394 g/mol. The quantitative estimate of drug-likeness (QED) is 0.390. The summed E-state index contributed by atoms with van der Waals surface area (Å²) in [5, 5.41) is 7.77. The van der Waals surface area contributed by atoms with Gasteiger partial charge in [-0.2, -0.15) is 0 Å². The van der Waals surface area contributed by atoms with Crippen molar-refractivity contribution >= 4 is 33.7 Å². The first-order chi connectivity index (χ1) is 12.7. The molecule has 2 aliphatic heterocycles. The van der Waals surface area contributed by atoms with E-state index in [0.29, 0.717) is 4.90 Å². The van der Waals surface area contributed by atoms with Crippen molar-refractivity contribution in [3.63, 3.8) is 0 Å². The molecule has 11 heteroatoms. The SMILES string of the molecule is C=C1C(COC(C)=O)=C(C(=O)O)N2C(=O)/C(=C/C(=O)OC(C)(C)C)C2S1(=O)=O. The van der Waals surface area contributed by atoms with Crippen LogP contribution in [0.1, 0.15) is 27.7 Å². The Kier molecular flexibility index (Phi) is 5.26. The van der Waals surface area contributed by atoms with E-state index in [9.17, 15) is 32.7 Å². The first kappa shape index (κ1) is 21.4. The Morgan fingerprint density at radius 1 is 1.29 bits per heavy atom. The lowest BCUT2D eigenvalue weighted by Crippen LogP contribution is -2.62. The van der Waals surface area contributed by atoms with E-state index < -0.39 is 73.0 Å². The Hall–Kier alpha value is -2.95. The van der Waals surface area contributed by atoms with Crippen LogP contribution in [-0.2, 0) is 38.5 Å². The van der Waals surface area contributed by atoms with E-state index in [2.05, 4.69) is 6.58 Å². The fraction of sp³-hybridized carbons (Fsp3) is 0.412. The average Bonchev–Trinajstić information content (AvgIpc) is 2.51. The van der Waals surface area contributed by atoms with Gasteiger partial charge in [0.1, 0.15) is 17.9 Å². The van der Waals surface area contributed by atoms with Gasteiger partial charge >= 0.3 is 17.9 Å². The molecule has 1 N–H and O–H groups in total. The maximum atomic E-state index is 12.8. The number of hydrogen-bond acceptors (Lipinski definition) is 8. The summed E-state index contributed by atoms with van der Waals surface area (Å²) in [6.45, 7) is 8.53. The molecule has 1 atom stereocenters.